The van der Waals surface area contributed by atoms with Crippen LogP contribution < -0.4 is 5.32 Å². The van der Waals surface area contributed by atoms with Crippen molar-refractivity contribution in [2.45, 2.75) is 84.2 Å². The average Bonchev–Trinajstić information content (AvgIpc) is 2.48. The second-order valence-electron chi connectivity index (χ2n) is 8.78. The van der Waals surface area contributed by atoms with Gasteiger partial charge in [-0.05, 0) is 71.4 Å². The summed E-state index contributed by atoms with van der Waals surface area (Å²) in [5.41, 5.74) is -0.396. The van der Waals surface area contributed by atoms with Crippen molar-refractivity contribution in [2.75, 3.05) is 26.2 Å². The summed E-state index contributed by atoms with van der Waals surface area (Å²) < 4.78 is 5.47. The van der Waals surface area contributed by atoms with Crippen LogP contribution in [0.4, 0.5) is 4.79 Å². The number of likely N-dealkylation sites (tertiary alicyclic amines) is 1. The maximum Gasteiger partial charge on any atom is 0.410 e. The third-order valence-electron chi connectivity index (χ3n) is 5.36. The van der Waals surface area contributed by atoms with Gasteiger partial charge in [0.25, 0.3) is 0 Å². The number of carbonyl (C=O) groups excluding carboxylic acids is 1. The van der Waals surface area contributed by atoms with Gasteiger partial charge in [-0.15, -0.1) is 0 Å². The highest BCUT2D eigenvalue weighted by molar-refractivity contribution is 5.68. The molecule has 4 nitrogen and oxygen atoms in total. The summed E-state index contributed by atoms with van der Waals surface area (Å²) in [4.78, 5) is 14.0. The topological polar surface area (TPSA) is 41.6 Å². The van der Waals surface area contributed by atoms with Gasteiger partial charge in [-0.2, -0.15) is 0 Å². The molecule has 1 N–H and O–H groups in total. The molecular weight excluding hydrogens is 300 g/mol. The molecule has 2 aliphatic rings. The molecule has 2 rings (SSSR count). The minimum Gasteiger partial charge on any atom is -0.444 e. The zero-order valence-corrected chi connectivity index (χ0v) is 16.1. The first kappa shape index (κ1) is 19.6. The van der Waals surface area contributed by atoms with E-state index in [2.05, 4.69) is 5.32 Å². The standard InChI is InChI=1S/C20H38N2O2/c1-20(2,3)24-19(23)22-13-11-18(12-14-22)16-21-15-17-9-7-5-4-6-8-10-17/h17-18,21H,4-16H2,1-3H3. The fourth-order valence-electron chi connectivity index (χ4n) is 3.88. The number of rotatable bonds is 4. The number of carbonyl (C=O) groups is 1. The molecule has 1 heterocycles. The number of amides is 1. The number of ether oxygens (including phenoxy) is 1. The number of hydrogen-bond acceptors (Lipinski definition) is 3. The molecule has 0 aromatic carbocycles. The third kappa shape index (κ3) is 7.42. The molecule has 1 amide bonds. The maximum absolute atomic E-state index is 12.1. The van der Waals surface area contributed by atoms with Crippen LogP contribution in [-0.4, -0.2) is 42.8 Å². The zero-order valence-electron chi connectivity index (χ0n) is 16.1. The van der Waals surface area contributed by atoms with Crippen molar-refractivity contribution >= 4 is 6.09 Å². The Morgan fingerprint density at radius 3 is 1.96 bits per heavy atom. The number of nitrogens with one attached hydrogen (secondary N) is 1. The first-order valence-electron chi connectivity index (χ1n) is 10.1. The Morgan fingerprint density at radius 2 is 1.42 bits per heavy atom. The summed E-state index contributed by atoms with van der Waals surface area (Å²) in [7, 11) is 0. The predicted molar refractivity (Wildman–Crippen MR) is 99.2 cm³/mol. The highest BCUT2D eigenvalue weighted by Gasteiger charge is 2.26. The molecule has 2 fully saturated rings. The van der Waals surface area contributed by atoms with Gasteiger partial charge in [-0.1, -0.05) is 32.1 Å². The van der Waals surface area contributed by atoms with Crippen molar-refractivity contribution in [3.63, 3.8) is 0 Å². The molecule has 0 atom stereocenters. The monoisotopic (exact) mass is 338 g/mol. The van der Waals surface area contributed by atoms with Crippen LogP contribution in [-0.2, 0) is 4.74 Å². The van der Waals surface area contributed by atoms with Crippen LogP contribution >= 0.6 is 0 Å². The summed E-state index contributed by atoms with van der Waals surface area (Å²) in [6.07, 6.45) is 12.0. The fraction of sp³-hybridized carbons (Fsp3) is 0.950. The van der Waals surface area contributed by atoms with Crippen LogP contribution in [0.5, 0.6) is 0 Å². The van der Waals surface area contributed by atoms with E-state index in [1.807, 2.05) is 25.7 Å². The molecule has 1 saturated heterocycles. The highest BCUT2D eigenvalue weighted by Crippen LogP contribution is 2.22. The van der Waals surface area contributed by atoms with Gasteiger partial charge in [0.05, 0.1) is 0 Å². The Balaban J connectivity index is 1.60. The largest absolute Gasteiger partial charge is 0.444 e. The smallest absolute Gasteiger partial charge is 0.410 e. The molecule has 0 unspecified atom stereocenters. The van der Waals surface area contributed by atoms with Crippen LogP contribution in [0.25, 0.3) is 0 Å². The Hall–Kier alpha value is -0.770. The van der Waals surface area contributed by atoms with Gasteiger partial charge in [0.2, 0.25) is 0 Å². The molecule has 24 heavy (non-hydrogen) atoms. The lowest BCUT2D eigenvalue weighted by Crippen LogP contribution is -2.43. The van der Waals surface area contributed by atoms with Crippen molar-refractivity contribution in [3.8, 4) is 0 Å². The lowest BCUT2D eigenvalue weighted by atomic mass is 9.90. The molecule has 0 radical (unpaired) electrons. The van der Waals surface area contributed by atoms with Gasteiger partial charge in [0.1, 0.15) is 5.60 Å². The SMILES string of the molecule is CC(C)(C)OC(=O)N1CCC(CNCC2CCCCCCC2)CC1. The normalized spacial score (nSPS) is 22.0. The number of nitrogens with zero attached hydrogens (tertiary/aromatic N) is 1. The van der Waals surface area contributed by atoms with E-state index in [4.69, 9.17) is 4.74 Å². The van der Waals surface area contributed by atoms with Crippen LogP contribution in [0, 0.1) is 11.8 Å². The van der Waals surface area contributed by atoms with E-state index in [1.54, 1.807) is 0 Å². The Morgan fingerprint density at radius 1 is 0.917 bits per heavy atom. The predicted octanol–water partition coefficient (Wildman–Crippen LogP) is 4.58. The maximum atomic E-state index is 12.1. The quantitative estimate of drug-likeness (QED) is 0.815. The highest BCUT2D eigenvalue weighted by atomic mass is 16.6. The summed E-state index contributed by atoms with van der Waals surface area (Å²) in [6, 6.07) is 0. The van der Waals surface area contributed by atoms with Crippen LogP contribution in [0.3, 0.4) is 0 Å². The van der Waals surface area contributed by atoms with Crippen molar-refractivity contribution in [1.29, 1.82) is 0 Å². The number of piperidine rings is 1. The molecule has 0 aromatic heterocycles. The summed E-state index contributed by atoms with van der Waals surface area (Å²) >= 11 is 0. The van der Waals surface area contributed by atoms with Gasteiger partial charge in [0.15, 0.2) is 0 Å². The first-order valence-corrected chi connectivity index (χ1v) is 10.1. The summed E-state index contributed by atoms with van der Waals surface area (Å²) in [5.74, 6) is 1.59. The van der Waals surface area contributed by atoms with E-state index < -0.39 is 5.60 Å². The van der Waals surface area contributed by atoms with E-state index in [1.165, 1.54) is 51.5 Å². The van der Waals surface area contributed by atoms with Gasteiger partial charge in [-0.25, -0.2) is 4.79 Å². The van der Waals surface area contributed by atoms with Gasteiger partial charge in [-0.3, -0.25) is 0 Å². The van der Waals surface area contributed by atoms with E-state index in [0.717, 1.165) is 38.4 Å². The lowest BCUT2D eigenvalue weighted by molar-refractivity contribution is 0.0184. The minimum atomic E-state index is -0.396. The molecule has 140 valence electrons. The van der Waals surface area contributed by atoms with Crippen molar-refractivity contribution in [3.05, 3.63) is 0 Å². The van der Waals surface area contributed by atoms with Gasteiger partial charge < -0.3 is 15.0 Å². The molecular formula is C20H38N2O2. The number of hydrogen-bond donors (Lipinski definition) is 1. The third-order valence-corrected chi connectivity index (χ3v) is 5.36. The zero-order chi connectivity index (χ0) is 17.4. The Labute approximate surface area is 148 Å². The second-order valence-corrected chi connectivity index (χ2v) is 8.78. The van der Waals surface area contributed by atoms with E-state index >= 15 is 0 Å². The lowest BCUT2D eigenvalue weighted by Gasteiger charge is -2.33. The average molecular weight is 339 g/mol. The molecule has 1 aliphatic heterocycles. The van der Waals surface area contributed by atoms with Gasteiger partial charge in [0, 0.05) is 13.1 Å². The molecule has 1 saturated carbocycles. The van der Waals surface area contributed by atoms with Crippen LogP contribution in [0.15, 0.2) is 0 Å². The molecule has 4 heteroatoms. The van der Waals surface area contributed by atoms with Crippen molar-refractivity contribution in [1.82, 2.24) is 10.2 Å². The van der Waals surface area contributed by atoms with Crippen LogP contribution in [0.2, 0.25) is 0 Å². The Bertz CT molecular complexity index is 362. The molecule has 0 bridgehead atoms. The van der Waals surface area contributed by atoms with E-state index in [0.29, 0.717) is 5.92 Å². The van der Waals surface area contributed by atoms with Crippen molar-refractivity contribution in [2.24, 2.45) is 11.8 Å². The summed E-state index contributed by atoms with van der Waals surface area (Å²) in [6.45, 7) is 9.76. The summed E-state index contributed by atoms with van der Waals surface area (Å²) in [5, 5.41) is 3.72. The van der Waals surface area contributed by atoms with Crippen LogP contribution in [0.1, 0.15) is 78.6 Å². The molecule has 0 spiro atoms. The second kappa shape index (κ2) is 9.65. The first-order chi connectivity index (χ1) is 11.4. The Kier molecular flexibility index (Phi) is 7.86. The van der Waals surface area contributed by atoms with E-state index in [9.17, 15) is 4.79 Å². The minimum absolute atomic E-state index is 0.150. The molecule has 0 aromatic rings. The van der Waals surface area contributed by atoms with E-state index in [-0.39, 0.29) is 6.09 Å². The van der Waals surface area contributed by atoms with Gasteiger partial charge >= 0.3 is 6.09 Å². The van der Waals surface area contributed by atoms with Crippen molar-refractivity contribution < 1.29 is 9.53 Å². The molecule has 1 aliphatic carbocycles. The fourth-order valence-corrected chi connectivity index (χ4v) is 3.88.